The highest BCUT2D eigenvalue weighted by atomic mass is 32.1. The second kappa shape index (κ2) is 3.09. The Morgan fingerprint density at radius 2 is 2.46 bits per heavy atom. The number of rotatable bonds is 2. The minimum atomic E-state index is 0.573. The summed E-state index contributed by atoms with van der Waals surface area (Å²) in [5.41, 5.74) is 0. The lowest BCUT2D eigenvalue weighted by molar-refractivity contribution is 0.627. The third-order valence-electron chi connectivity index (χ3n) is 1.74. The molecule has 0 unspecified atom stereocenters. The first-order valence-corrected chi connectivity index (χ1v) is 4.11. The molecule has 0 fully saturated rings. The minimum Gasteiger partial charge on any atom is -0.306 e. The van der Waals surface area contributed by atoms with Crippen molar-refractivity contribution in [3.05, 3.63) is 23.3 Å². The normalized spacial score (nSPS) is 10.5. The molecule has 2 aromatic heterocycles. The van der Waals surface area contributed by atoms with E-state index in [-0.39, 0.29) is 0 Å². The van der Waals surface area contributed by atoms with Crippen LogP contribution in [0.25, 0.3) is 0 Å². The molecule has 2 rings (SSSR count). The van der Waals surface area contributed by atoms with Gasteiger partial charge in [-0.2, -0.15) is 10.2 Å². The SMILES string of the molecule is Cn1c(Cn2cncn2)n[nH]c1=S. The average Bonchev–Trinajstić information content (AvgIpc) is 2.71. The van der Waals surface area contributed by atoms with Gasteiger partial charge in [-0.15, -0.1) is 0 Å². The fourth-order valence-electron chi connectivity index (χ4n) is 0.980. The maximum atomic E-state index is 4.97. The zero-order valence-electron chi connectivity index (χ0n) is 7.01. The van der Waals surface area contributed by atoms with E-state index < -0.39 is 0 Å². The smallest absolute Gasteiger partial charge is 0.194 e. The van der Waals surface area contributed by atoms with E-state index in [0.717, 1.165) is 5.82 Å². The molecule has 0 aliphatic carbocycles. The lowest BCUT2D eigenvalue weighted by Crippen LogP contribution is -2.06. The van der Waals surface area contributed by atoms with Crippen LogP contribution in [0.3, 0.4) is 0 Å². The number of nitrogens with zero attached hydrogens (tertiary/aromatic N) is 5. The van der Waals surface area contributed by atoms with Crippen LogP contribution >= 0.6 is 12.2 Å². The van der Waals surface area contributed by atoms with Crippen LogP contribution in [-0.2, 0) is 13.6 Å². The Balaban J connectivity index is 2.29. The molecule has 7 heteroatoms. The van der Waals surface area contributed by atoms with Gasteiger partial charge in [-0.25, -0.2) is 9.67 Å². The Morgan fingerprint density at radius 3 is 3.00 bits per heavy atom. The van der Waals surface area contributed by atoms with Crippen molar-refractivity contribution in [1.29, 1.82) is 0 Å². The predicted octanol–water partition coefficient (Wildman–Crippen LogP) is 0.117. The van der Waals surface area contributed by atoms with E-state index in [9.17, 15) is 0 Å². The second-order valence-corrected chi connectivity index (χ2v) is 2.98. The summed E-state index contributed by atoms with van der Waals surface area (Å²) in [6.07, 6.45) is 3.12. The minimum absolute atomic E-state index is 0.573. The predicted molar refractivity (Wildman–Crippen MR) is 47.5 cm³/mol. The van der Waals surface area contributed by atoms with Crippen molar-refractivity contribution >= 4 is 12.2 Å². The van der Waals surface area contributed by atoms with Crippen molar-refractivity contribution in [1.82, 2.24) is 29.5 Å². The third kappa shape index (κ3) is 1.50. The van der Waals surface area contributed by atoms with E-state index in [4.69, 9.17) is 12.2 Å². The zero-order valence-corrected chi connectivity index (χ0v) is 7.82. The molecule has 0 radical (unpaired) electrons. The molecule has 13 heavy (non-hydrogen) atoms. The molecule has 0 saturated heterocycles. The number of nitrogens with one attached hydrogen (secondary N) is 1. The van der Waals surface area contributed by atoms with Crippen LogP contribution < -0.4 is 0 Å². The Hall–Kier alpha value is -1.50. The molecular formula is C6H8N6S. The number of aromatic amines is 1. The van der Waals surface area contributed by atoms with Gasteiger partial charge in [0.15, 0.2) is 10.6 Å². The van der Waals surface area contributed by atoms with Gasteiger partial charge in [0.2, 0.25) is 0 Å². The number of H-pyrrole nitrogens is 1. The van der Waals surface area contributed by atoms with Crippen LogP contribution in [0.2, 0.25) is 0 Å². The first-order valence-electron chi connectivity index (χ1n) is 3.70. The molecule has 0 amide bonds. The fourth-order valence-corrected chi connectivity index (χ4v) is 1.13. The molecule has 2 aromatic rings. The van der Waals surface area contributed by atoms with Crippen LogP contribution in [0.1, 0.15) is 5.82 Å². The molecule has 0 aromatic carbocycles. The highest BCUT2D eigenvalue weighted by Gasteiger charge is 2.02. The first-order chi connectivity index (χ1) is 6.27. The molecule has 1 N–H and O–H groups in total. The van der Waals surface area contributed by atoms with Crippen molar-refractivity contribution < 1.29 is 0 Å². The standard InChI is InChI=1S/C6H8N6S/c1-11-5(9-10-6(11)13)2-12-4-7-3-8-12/h3-4H,2H2,1H3,(H,10,13). The van der Waals surface area contributed by atoms with Gasteiger partial charge in [0.1, 0.15) is 19.2 Å². The van der Waals surface area contributed by atoms with Crippen molar-refractivity contribution in [2.24, 2.45) is 7.05 Å². The quantitative estimate of drug-likeness (QED) is 0.693. The lowest BCUT2D eigenvalue weighted by Gasteiger charge is -1.98. The van der Waals surface area contributed by atoms with Crippen molar-refractivity contribution in [2.45, 2.75) is 6.54 Å². The molecule has 0 aliphatic heterocycles. The van der Waals surface area contributed by atoms with E-state index in [1.807, 2.05) is 7.05 Å². The van der Waals surface area contributed by atoms with Gasteiger partial charge in [0, 0.05) is 7.05 Å². The first kappa shape index (κ1) is 8.11. The lowest BCUT2D eigenvalue weighted by atomic mass is 10.6. The Bertz CT molecular complexity index is 438. The summed E-state index contributed by atoms with van der Waals surface area (Å²) in [7, 11) is 1.86. The van der Waals surface area contributed by atoms with Gasteiger partial charge in [-0.1, -0.05) is 0 Å². The van der Waals surface area contributed by atoms with Gasteiger partial charge >= 0.3 is 0 Å². The molecule has 68 valence electrons. The van der Waals surface area contributed by atoms with Gasteiger partial charge in [0.05, 0.1) is 0 Å². The highest BCUT2D eigenvalue weighted by Crippen LogP contribution is 1.96. The molecule has 0 spiro atoms. The van der Waals surface area contributed by atoms with E-state index in [1.165, 1.54) is 6.33 Å². The third-order valence-corrected chi connectivity index (χ3v) is 2.11. The van der Waals surface area contributed by atoms with Gasteiger partial charge in [-0.05, 0) is 12.2 Å². The van der Waals surface area contributed by atoms with Crippen LogP contribution in [0.5, 0.6) is 0 Å². The van der Waals surface area contributed by atoms with Crippen LogP contribution in [0.4, 0.5) is 0 Å². The Labute approximate surface area is 79.2 Å². The summed E-state index contributed by atoms with van der Waals surface area (Å²) in [6.45, 7) is 0.573. The van der Waals surface area contributed by atoms with E-state index in [2.05, 4.69) is 20.3 Å². The summed E-state index contributed by atoms with van der Waals surface area (Å²) in [5, 5.41) is 10.7. The van der Waals surface area contributed by atoms with Crippen LogP contribution in [0, 0.1) is 4.77 Å². The van der Waals surface area contributed by atoms with E-state index in [1.54, 1.807) is 15.6 Å². The van der Waals surface area contributed by atoms with Crippen molar-refractivity contribution in [3.8, 4) is 0 Å². The summed E-state index contributed by atoms with van der Waals surface area (Å²) >= 11 is 4.97. The summed E-state index contributed by atoms with van der Waals surface area (Å²) in [4.78, 5) is 3.83. The summed E-state index contributed by atoms with van der Waals surface area (Å²) in [5.74, 6) is 0.829. The van der Waals surface area contributed by atoms with E-state index in [0.29, 0.717) is 11.3 Å². The highest BCUT2D eigenvalue weighted by molar-refractivity contribution is 7.71. The van der Waals surface area contributed by atoms with Crippen LogP contribution in [-0.4, -0.2) is 29.5 Å². The monoisotopic (exact) mass is 196 g/mol. The number of aromatic nitrogens is 6. The van der Waals surface area contributed by atoms with Gasteiger partial charge < -0.3 is 4.57 Å². The van der Waals surface area contributed by atoms with Crippen LogP contribution in [0.15, 0.2) is 12.7 Å². The van der Waals surface area contributed by atoms with E-state index >= 15 is 0 Å². The largest absolute Gasteiger partial charge is 0.306 e. The van der Waals surface area contributed by atoms with Crippen molar-refractivity contribution in [2.75, 3.05) is 0 Å². The molecule has 0 atom stereocenters. The van der Waals surface area contributed by atoms with Gasteiger partial charge in [-0.3, -0.25) is 5.10 Å². The zero-order chi connectivity index (χ0) is 9.26. The molecular weight excluding hydrogens is 188 g/mol. The topological polar surface area (TPSA) is 64.3 Å². The molecule has 0 saturated carbocycles. The second-order valence-electron chi connectivity index (χ2n) is 2.60. The number of hydrogen-bond acceptors (Lipinski definition) is 4. The fraction of sp³-hybridized carbons (Fsp3) is 0.333. The molecule has 2 heterocycles. The molecule has 0 bridgehead atoms. The number of hydrogen-bond donors (Lipinski definition) is 1. The Kier molecular flexibility index (Phi) is 1.93. The summed E-state index contributed by atoms with van der Waals surface area (Å²) < 4.78 is 4.09. The average molecular weight is 196 g/mol. The Morgan fingerprint density at radius 1 is 1.62 bits per heavy atom. The van der Waals surface area contributed by atoms with Crippen molar-refractivity contribution in [3.63, 3.8) is 0 Å². The maximum Gasteiger partial charge on any atom is 0.194 e. The molecule has 6 nitrogen and oxygen atoms in total. The van der Waals surface area contributed by atoms with Gasteiger partial charge in [0.25, 0.3) is 0 Å². The maximum absolute atomic E-state index is 4.97. The molecule has 0 aliphatic rings. The summed E-state index contributed by atoms with van der Waals surface area (Å²) in [6, 6.07) is 0.